The van der Waals surface area contributed by atoms with Crippen molar-refractivity contribution in [2.24, 2.45) is 0 Å². The second-order valence-electron chi connectivity index (χ2n) is 7.16. The van der Waals surface area contributed by atoms with Crippen molar-refractivity contribution in [1.29, 1.82) is 0 Å². The van der Waals surface area contributed by atoms with Crippen LogP contribution in [0.25, 0.3) is 0 Å². The van der Waals surface area contributed by atoms with Crippen molar-refractivity contribution in [3.63, 3.8) is 0 Å². The highest BCUT2D eigenvalue weighted by atomic mass is 32.2. The van der Waals surface area contributed by atoms with Crippen molar-refractivity contribution >= 4 is 17.7 Å². The van der Waals surface area contributed by atoms with Gasteiger partial charge in [0.15, 0.2) is 5.82 Å². The van der Waals surface area contributed by atoms with E-state index >= 15 is 0 Å². The van der Waals surface area contributed by atoms with E-state index in [0.717, 1.165) is 31.4 Å². The van der Waals surface area contributed by atoms with Gasteiger partial charge in [-0.05, 0) is 25.3 Å². The summed E-state index contributed by atoms with van der Waals surface area (Å²) in [5.74, 6) is 2.50. The molecule has 1 aliphatic rings. The lowest BCUT2D eigenvalue weighted by molar-refractivity contribution is -0.120. The second-order valence-corrected chi connectivity index (χ2v) is 8.15. The lowest BCUT2D eigenvalue weighted by atomic mass is 9.89. The highest BCUT2D eigenvalue weighted by Gasteiger charge is 2.38. The molecule has 0 atom stereocenters. The van der Waals surface area contributed by atoms with E-state index in [1.807, 2.05) is 0 Å². The molecule has 0 aliphatic heterocycles. The fraction of sp³-hybridized carbons (Fsp3) is 0.550. The number of rotatable bonds is 6. The van der Waals surface area contributed by atoms with Gasteiger partial charge in [-0.2, -0.15) is 4.98 Å². The molecule has 2 aromatic rings. The van der Waals surface area contributed by atoms with Crippen molar-refractivity contribution < 1.29 is 9.32 Å². The predicted molar refractivity (Wildman–Crippen MR) is 104 cm³/mol. The number of hydrogen-bond acceptors (Lipinski definition) is 5. The van der Waals surface area contributed by atoms with Crippen molar-refractivity contribution in [3.05, 3.63) is 47.1 Å². The zero-order chi connectivity index (χ0) is 18.4. The van der Waals surface area contributed by atoms with Crippen LogP contribution in [0.2, 0.25) is 0 Å². The number of hydrogen-bond donors (Lipinski definition) is 1. The van der Waals surface area contributed by atoms with E-state index in [9.17, 15) is 4.79 Å². The number of aromatic nitrogens is 2. The molecule has 140 valence electrons. The average molecular weight is 374 g/mol. The number of benzene rings is 1. The molecule has 0 spiro atoms. The first-order valence-electron chi connectivity index (χ1n) is 9.32. The van der Waals surface area contributed by atoms with Crippen LogP contribution in [-0.4, -0.2) is 21.8 Å². The third-order valence-electron chi connectivity index (χ3n) is 4.88. The molecule has 0 bridgehead atoms. The molecule has 1 aliphatic carbocycles. The minimum atomic E-state index is -0.477. The fourth-order valence-electron chi connectivity index (χ4n) is 3.60. The van der Waals surface area contributed by atoms with Crippen molar-refractivity contribution in [3.8, 4) is 0 Å². The number of aryl methyl sites for hydroxylation is 2. The Labute approximate surface area is 159 Å². The van der Waals surface area contributed by atoms with Crippen LogP contribution in [0.15, 0.2) is 28.8 Å². The van der Waals surface area contributed by atoms with Crippen LogP contribution in [0.5, 0.6) is 0 Å². The molecule has 0 unspecified atom stereocenters. The maximum Gasteiger partial charge on any atom is 0.230 e. The van der Waals surface area contributed by atoms with E-state index in [1.54, 1.807) is 18.7 Å². The molecular formula is C20H27N3O2S. The van der Waals surface area contributed by atoms with Crippen LogP contribution in [0.1, 0.15) is 61.4 Å². The zero-order valence-electron chi connectivity index (χ0n) is 15.6. The van der Waals surface area contributed by atoms with E-state index < -0.39 is 5.54 Å². The van der Waals surface area contributed by atoms with Crippen molar-refractivity contribution in [1.82, 2.24) is 15.5 Å². The lowest BCUT2D eigenvalue weighted by Crippen LogP contribution is -2.47. The molecule has 1 heterocycles. The number of amides is 1. The number of carbonyl (C=O) groups excluding carboxylic acids is 1. The van der Waals surface area contributed by atoms with Crippen LogP contribution in [0.4, 0.5) is 0 Å². The number of carbonyl (C=O) groups is 1. The summed E-state index contributed by atoms with van der Waals surface area (Å²) < 4.78 is 5.20. The van der Waals surface area contributed by atoms with Gasteiger partial charge in [-0.1, -0.05) is 60.7 Å². The summed E-state index contributed by atoms with van der Waals surface area (Å²) in [7, 11) is 0. The molecule has 1 saturated carbocycles. The van der Waals surface area contributed by atoms with Gasteiger partial charge in [0.2, 0.25) is 11.8 Å². The minimum Gasteiger partial charge on any atom is -0.343 e. The normalized spacial score (nSPS) is 16.8. The number of nitrogens with zero attached hydrogens (tertiary/aromatic N) is 2. The van der Waals surface area contributed by atoms with Gasteiger partial charge in [0.1, 0.15) is 5.54 Å². The van der Waals surface area contributed by atoms with Gasteiger partial charge in [-0.3, -0.25) is 4.79 Å². The maximum atomic E-state index is 12.6. The SMILES string of the molecule is Cc1cccc(CSCC(=O)NC2(c3noc(C)n3)CCCCCC2)c1. The number of nitrogens with one attached hydrogen (secondary N) is 1. The molecule has 3 rings (SSSR count). The van der Waals surface area contributed by atoms with Gasteiger partial charge in [0.05, 0.1) is 5.75 Å². The van der Waals surface area contributed by atoms with Gasteiger partial charge < -0.3 is 9.84 Å². The highest BCUT2D eigenvalue weighted by molar-refractivity contribution is 7.99. The van der Waals surface area contributed by atoms with Gasteiger partial charge in [0.25, 0.3) is 0 Å². The summed E-state index contributed by atoms with van der Waals surface area (Å²) >= 11 is 1.64. The van der Waals surface area contributed by atoms with E-state index in [1.165, 1.54) is 24.0 Å². The molecule has 6 heteroatoms. The first kappa shape index (κ1) is 19.0. The smallest absolute Gasteiger partial charge is 0.230 e. The molecule has 1 N–H and O–H groups in total. The Hall–Kier alpha value is -1.82. The van der Waals surface area contributed by atoms with Gasteiger partial charge in [-0.25, -0.2) is 0 Å². The van der Waals surface area contributed by atoms with E-state index in [4.69, 9.17) is 4.52 Å². The first-order chi connectivity index (χ1) is 12.6. The molecule has 1 aromatic heterocycles. The van der Waals surface area contributed by atoms with Crippen LogP contribution >= 0.6 is 11.8 Å². The summed E-state index contributed by atoms with van der Waals surface area (Å²) in [5.41, 5.74) is 2.02. The summed E-state index contributed by atoms with van der Waals surface area (Å²) in [4.78, 5) is 17.1. The maximum absolute atomic E-state index is 12.6. The molecule has 1 aromatic carbocycles. The lowest BCUT2D eigenvalue weighted by Gasteiger charge is -2.30. The quantitative estimate of drug-likeness (QED) is 0.765. The highest BCUT2D eigenvalue weighted by Crippen LogP contribution is 2.34. The molecule has 5 nitrogen and oxygen atoms in total. The van der Waals surface area contributed by atoms with E-state index in [-0.39, 0.29) is 5.91 Å². The predicted octanol–water partition coefficient (Wildman–Crippen LogP) is 4.29. The molecule has 0 radical (unpaired) electrons. The Morgan fingerprint density at radius 2 is 2.00 bits per heavy atom. The molecular weight excluding hydrogens is 346 g/mol. The standard InChI is InChI=1S/C20H27N3O2S/c1-15-8-7-9-17(12-15)13-26-14-18(24)22-20(10-5-3-4-6-11-20)19-21-16(2)25-23-19/h7-9,12H,3-6,10-11,13-14H2,1-2H3,(H,22,24). The summed E-state index contributed by atoms with van der Waals surface area (Å²) in [6, 6.07) is 8.42. The Balaban J connectivity index is 1.62. The van der Waals surface area contributed by atoms with Crippen LogP contribution in [0, 0.1) is 13.8 Å². The van der Waals surface area contributed by atoms with Crippen LogP contribution in [-0.2, 0) is 16.1 Å². The van der Waals surface area contributed by atoms with Gasteiger partial charge >= 0.3 is 0 Å². The van der Waals surface area contributed by atoms with Gasteiger partial charge in [-0.15, -0.1) is 11.8 Å². The molecule has 0 saturated heterocycles. The van der Waals surface area contributed by atoms with E-state index in [2.05, 4.69) is 46.6 Å². The Bertz CT molecular complexity index is 736. The molecule has 1 fully saturated rings. The second kappa shape index (κ2) is 8.71. The Morgan fingerprint density at radius 1 is 1.23 bits per heavy atom. The van der Waals surface area contributed by atoms with Crippen LogP contribution in [0.3, 0.4) is 0 Å². The fourth-order valence-corrected chi connectivity index (χ4v) is 4.37. The third kappa shape index (κ3) is 4.87. The summed E-state index contributed by atoms with van der Waals surface area (Å²) in [5, 5.41) is 7.39. The topological polar surface area (TPSA) is 68.0 Å². The monoisotopic (exact) mass is 373 g/mol. The van der Waals surface area contributed by atoms with E-state index in [0.29, 0.717) is 17.5 Å². The van der Waals surface area contributed by atoms with Gasteiger partial charge in [0, 0.05) is 12.7 Å². The number of thioether (sulfide) groups is 1. The Kier molecular flexibility index (Phi) is 6.35. The first-order valence-corrected chi connectivity index (χ1v) is 10.5. The summed E-state index contributed by atoms with van der Waals surface area (Å²) in [6.07, 6.45) is 6.28. The molecule has 1 amide bonds. The average Bonchev–Trinajstić information content (AvgIpc) is 2.91. The largest absolute Gasteiger partial charge is 0.343 e. The zero-order valence-corrected chi connectivity index (χ0v) is 16.4. The van der Waals surface area contributed by atoms with Crippen LogP contribution < -0.4 is 5.32 Å². The molecule has 26 heavy (non-hydrogen) atoms. The Morgan fingerprint density at radius 3 is 2.65 bits per heavy atom. The minimum absolute atomic E-state index is 0.0482. The third-order valence-corrected chi connectivity index (χ3v) is 5.88. The van der Waals surface area contributed by atoms with Crippen molar-refractivity contribution in [2.75, 3.05) is 5.75 Å². The summed E-state index contributed by atoms with van der Waals surface area (Å²) in [6.45, 7) is 3.88. The van der Waals surface area contributed by atoms with Crippen molar-refractivity contribution in [2.45, 2.75) is 63.7 Å².